The van der Waals surface area contributed by atoms with Crippen molar-refractivity contribution >= 4 is 18.3 Å². The monoisotopic (exact) mass is 305 g/mol. The fourth-order valence-corrected chi connectivity index (χ4v) is 3.21. The highest BCUT2D eigenvalue weighted by Gasteiger charge is 2.38. The lowest BCUT2D eigenvalue weighted by atomic mass is 9.86. The smallest absolute Gasteiger partial charge is 0.234 e. The molecule has 0 aliphatic carbocycles. The van der Waals surface area contributed by atoms with E-state index in [1.807, 2.05) is 0 Å². The van der Waals surface area contributed by atoms with Crippen LogP contribution >= 0.6 is 12.4 Å². The van der Waals surface area contributed by atoms with Crippen molar-refractivity contribution in [3.05, 3.63) is 0 Å². The largest absolute Gasteiger partial charge is 0.381 e. The summed E-state index contributed by atoms with van der Waals surface area (Å²) in [6.45, 7) is 5.13. The summed E-state index contributed by atoms with van der Waals surface area (Å²) in [5, 5.41) is 5.99. The number of likely N-dealkylation sites (N-methyl/N-ethyl adjacent to an activating group) is 1. The molecule has 6 heteroatoms. The van der Waals surface area contributed by atoms with Gasteiger partial charge in [-0.1, -0.05) is 6.42 Å². The molecule has 0 saturated carbocycles. The van der Waals surface area contributed by atoms with Crippen LogP contribution in [-0.2, 0) is 9.53 Å². The van der Waals surface area contributed by atoms with Crippen LogP contribution in [0.2, 0.25) is 0 Å². The molecule has 0 unspecified atom stereocenters. The van der Waals surface area contributed by atoms with Gasteiger partial charge in [-0.2, -0.15) is 0 Å². The number of nitrogens with one attached hydrogen (secondary N) is 2. The van der Waals surface area contributed by atoms with Crippen LogP contribution < -0.4 is 10.6 Å². The van der Waals surface area contributed by atoms with E-state index in [0.717, 1.165) is 32.6 Å². The Balaban J connectivity index is 0.00000200. The molecule has 2 saturated heterocycles. The molecule has 2 aliphatic heterocycles. The molecule has 2 heterocycles. The molecule has 2 N–H and O–H groups in total. The van der Waals surface area contributed by atoms with E-state index in [4.69, 9.17) is 4.74 Å². The van der Waals surface area contributed by atoms with Gasteiger partial charge in [0, 0.05) is 25.3 Å². The van der Waals surface area contributed by atoms with Crippen LogP contribution in [0.25, 0.3) is 0 Å². The lowest BCUT2D eigenvalue weighted by Gasteiger charge is -2.48. The number of nitrogens with zero attached hydrogens (tertiary/aromatic N) is 1. The summed E-state index contributed by atoms with van der Waals surface area (Å²) in [6.07, 6.45) is 5.98. The van der Waals surface area contributed by atoms with Gasteiger partial charge < -0.3 is 15.4 Å². The fourth-order valence-electron chi connectivity index (χ4n) is 3.21. The van der Waals surface area contributed by atoms with Crippen LogP contribution in [0.5, 0.6) is 0 Å². The highest BCUT2D eigenvalue weighted by atomic mass is 35.5. The van der Waals surface area contributed by atoms with E-state index in [1.54, 1.807) is 7.05 Å². The number of likely N-dealkylation sites (tertiary alicyclic amines) is 1. The molecule has 0 atom stereocenters. The van der Waals surface area contributed by atoms with Crippen molar-refractivity contribution in [2.75, 3.05) is 46.4 Å². The molecule has 2 aliphatic rings. The Labute approximate surface area is 128 Å². The van der Waals surface area contributed by atoms with Crippen molar-refractivity contribution in [1.82, 2.24) is 15.5 Å². The molecule has 2 rings (SSSR count). The van der Waals surface area contributed by atoms with E-state index in [1.165, 1.54) is 32.4 Å². The molecular weight excluding hydrogens is 278 g/mol. The molecule has 0 bridgehead atoms. The second-order valence-electron chi connectivity index (χ2n) is 5.69. The molecule has 118 valence electrons. The van der Waals surface area contributed by atoms with Crippen molar-refractivity contribution < 1.29 is 9.53 Å². The first-order valence-electron chi connectivity index (χ1n) is 7.51. The SMILES string of the molecule is CNCC(=O)NCC1(N2CCCCC2)CCOCC1.Cl. The fraction of sp³-hybridized carbons (Fsp3) is 0.929. The van der Waals surface area contributed by atoms with Crippen LogP contribution in [0, 0.1) is 0 Å². The van der Waals surface area contributed by atoms with Gasteiger partial charge in [0.2, 0.25) is 5.91 Å². The van der Waals surface area contributed by atoms with Gasteiger partial charge in [0.1, 0.15) is 0 Å². The minimum atomic E-state index is 0. The predicted octanol–water partition coefficient (Wildman–Crippen LogP) is 0.779. The van der Waals surface area contributed by atoms with Crippen LogP contribution in [0.4, 0.5) is 0 Å². The zero-order valence-corrected chi connectivity index (χ0v) is 13.3. The Kier molecular flexibility index (Phi) is 7.80. The first-order valence-corrected chi connectivity index (χ1v) is 7.51. The number of hydrogen-bond donors (Lipinski definition) is 2. The summed E-state index contributed by atoms with van der Waals surface area (Å²) in [5.74, 6) is 0.0883. The summed E-state index contributed by atoms with van der Waals surface area (Å²) in [7, 11) is 1.80. The van der Waals surface area contributed by atoms with Gasteiger partial charge in [-0.3, -0.25) is 9.69 Å². The summed E-state index contributed by atoms with van der Waals surface area (Å²) >= 11 is 0. The Bertz CT molecular complexity index is 290. The molecule has 0 radical (unpaired) electrons. The molecule has 0 aromatic heterocycles. The first-order chi connectivity index (χ1) is 9.27. The van der Waals surface area contributed by atoms with E-state index in [2.05, 4.69) is 15.5 Å². The summed E-state index contributed by atoms with van der Waals surface area (Å²) < 4.78 is 5.52. The lowest BCUT2D eigenvalue weighted by Crippen LogP contribution is -2.60. The zero-order chi connectivity index (χ0) is 13.6. The maximum atomic E-state index is 11.7. The predicted molar refractivity (Wildman–Crippen MR) is 82.4 cm³/mol. The minimum Gasteiger partial charge on any atom is -0.381 e. The molecule has 20 heavy (non-hydrogen) atoms. The third kappa shape index (κ3) is 4.58. The van der Waals surface area contributed by atoms with Crippen molar-refractivity contribution in [1.29, 1.82) is 0 Å². The number of carbonyl (C=O) groups excluding carboxylic acids is 1. The average Bonchev–Trinajstić information content (AvgIpc) is 2.47. The molecular formula is C14H28ClN3O2. The van der Waals surface area contributed by atoms with Crippen LogP contribution in [0.1, 0.15) is 32.1 Å². The van der Waals surface area contributed by atoms with E-state index in [-0.39, 0.29) is 23.9 Å². The maximum Gasteiger partial charge on any atom is 0.234 e. The van der Waals surface area contributed by atoms with Crippen molar-refractivity contribution in [2.45, 2.75) is 37.6 Å². The van der Waals surface area contributed by atoms with Gasteiger partial charge in [-0.15, -0.1) is 12.4 Å². The third-order valence-corrected chi connectivity index (χ3v) is 4.40. The van der Waals surface area contributed by atoms with E-state index >= 15 is 0 Å². The topological polar surface area (TPSA) is 53.6 Å². The van der Waals surface area contributed by atoms with Gasteiger partial charge in [0.05, 0.1) is 6.54 Å². The standard InChI is InChI=1S/C14H27N3O2.ClH/c1-15-11-13(18)16-12-14(5-9-19-10-6-14)17-7-3-2-4-8-17;/h15H,2-12H2,1H3,(H,16,18);1H. The van der Waals surface area contributed by atoms with E-state index in [9.17, 15) is 4.79 Å². The first kappa shape index (κ1) is 17.7. The molecule has 1 amide bonds. The number of hydrogen-bond acceptors (Lipinski definition) is 4. The van der Waals surface area contributed by atoms with Gasteiger partial charge in [-0.05, 0) is 45.8 Å². The number of piperidine rings is 1. The van der Waals surface area contributed by atoms with E-state index < -0.39 is 0 Å². The van der Waals surface area contributed by atoms with Crippen LogP contribution in [-0.4, -0.2) is 62.8 Å². The van der Waals surface area contributed by atoms with Gasteiger partial charge in [0.15, 0.2) is 0 Å². The lowest BCUT2D eigenvalue weighted by molar-refractivity contribution is -0.121. The highest BCUT2D eigenvalue weighted by Crippen LogP contribution is 2.30. The molecule has 2 fully saturated rings. The van der Waals surface area contributed by atoms with Gasteiger partial charge >= 0.3 is 0 Å². The number of rotatable bonds is 5. The van der Waals surface area contributed by atoms with Crippen LogP contribution in [0.3, 0.4) is 0 Å². The summed E-state index contributed by atoms with van der Waals surface area (Å²) in [4.78, 5) is 14.3. The molecule has 0 aromatic carbocycles. The normalized spacial score (nSPS) is 22.9. The second-order valence-corrected chi connectivity index (χ2v) is 5.69. The van der Waals surface area contributed by atoms with Crippen molar-refractivity contribution in [3.63, 3.8) is 0 Å². The second kappa shape index (κ2) is 8.82. The van der Waals surface area contributed by atoms with E-state index in [0.29, 0.717) is 6.54 Å². The number of carbonyl (C=O) groups is 1. The number of amides is 1. The number of ether oxygens (including phenoxy) is 1. The van der Waals surface area contributed by atoms with Gasteiger partial charge in [0.25, 0.3) is 0 Å². The third-order valence-electron chi connectivity index (χ3n) is 4.40. The summed E-state index contributed by atoms with van der Waals surface area (Å²) in [5.41, 5.74) is 0.127. The average molecular weight is 306 g/mol. The number of halogens is 1. The molecule has 0 spiro atoms. The Hall–Kier alpha value is -0.360. The van der Waals surface area contributed by atoms with Crippen LogP contribution in [0.15, 0.2) is 0 Å². The summed E-state index contributed by atoms with van der Waals surface area (Å²) in [6, 6.07) is 0. The van der Waals surface area contributed by atoms with Gasteiger partial charge in [-0.25, -0.2) is 0 Å². The Morgan fingerprint density at radius 2 is 1.85 bits per heavy atom. The quantitative estimate of drug-likeness (QED) is 0.788. The minimum absolute atomic E-state index is 0. The molecule has 0 aromatic rings. The van der Waals surface area contributed by atoms with Crippen molar-refractivity contribution in [2.24, 2.45) is 0 Å². The molecule has 5 nitrogen and oxygen atoms in total. The maximum absolute atomic E-state index is 11.7. The Morgan fingerprint density at radius 1 is 1.20 bits per heavy atom. The zero-order valence-electron chi connectivity index (χ0n) is 12.5. The van der Waals surface area contributed by atoms with Crippen molar-refractivity contribution in [3.8, 4) is 0 Å². The Morgan fingerprint density at radius 3 is 2.45 bits per heavy atom. The highest BCUT2D eigenvalue weighted by molar-refractivity contribution is 5.85.